The molecule has 8 nitrogen and oxygen atoms in total. The zero-order chi connectivity index (χ0) is 27.5. The molecule has 0 aromatic heterocycles. The van der Waals surface area contributed by atoms with Gasteiger partial charge in [0.25, 0.3) is 0 Å². The van der Waals surface area contributed by atoms with Crippen molar-refractivity contribution in [2.75, 3.05) is 20.1 Å². The quantitative estimate of drug-likeness (QED) is 0.530. The van der Waals surface area contributed by atoms with Gasteiger partial charge in [0.1, 0.15) is 18.0 Å². The van der Waals surface area contributed by atoms with Crippen LogP contribution >= 0.6 is 0 Å². The van der Waals surface area contributed by atoms with Crippen LogP contribution in [0.25, 0.3) is 0 Å². The SMILES string of the molecule is C[C@H](c1ccccc1)N1C[C@H]2N(C(=O)CN(C)N2C(=O)NCc2ccc(F)cc2)[C@@H](Cc2ccccc2)C1=O. The maximum absolute atomic E-state index is 14.0. The van der Waals surface area contributed by atoms with Crippen LogP contribution in [0.3, 0.4) is 0 Å². The van der Waals surface area contributed by atoms with Gasteiger partial charge in [-0.15, -0.1) is 0 Å². The molecule has 9 heteroatoms. The third-order valence-corrected chi connectivity index (χ3v) is 7.47. The number of benzene rings is 3. The van der Waals surface area contributed by atoms with Crippen molar-refractivity contribution in [3.63, 3.8) is 0 Å². The molecular weight excluding hydrogens is 497 g/mol. The van der Waals surface area contributed by atoms with Crippen molar-refractivity contribution in [3.8, 4) is 0 Å². The Morgan fingerprint density at radius 2 is 1.59 bits per heavy atom. The first-order valence-electron chi connectivity index (χ1n) is 13.1. The molecule has 2 fully saturated rings. The van der Waals surface area contributed by atoms with E-state index in [0.29, 0.717) is 6.42 Å². The third kappa shape index (κ3) is 5.49. The Bertz CT molecular complexity index is 1320. The first-order valence-corrected chi connectivity index (χ1v) is 13.1. The van der Waals surface area contributed by atoms with Gasteiger partial charge in [-0.05, 0) is 35.7 Å². The molecule has 2 saturated heterocycles. The van der Waals surface area contributed by atoms with Gasteiger partial charge in [0.05, 0.1) is 19.1 Å². The molecule has 0 radical (unpaired) electrons. The fraction of sp³-hybridized carbons (Fsp3) is 0.300. The van der Waals surface area contributed by atoms with E-state index in [1.165, 1.54) is 17.1 Å². The lowest BCUT2D eigenvalue weighted by atomic mass is 9.96. The van der Waals surface area contributed by atoms with Crippen molar-refractivity contribution < 1.29 is 18.8 Å². The lowest BCUT2D eigenvalue weighted by Gasteiger charge is -2.55. The summed E-state index contributed by atoms with van der Waals surface area (Å²) in [7, 11) is 1.69. The van der Waals surface area contributed by atoms with Crippen LogP contribution in [0, 0.1) is 5.82 Å². The maximum atomic E-state index is 14.0. The third-order valence-electron chi connectivity index (χ3n) is 7.47. The summed E-state index contributed by atoms with van der Waals surface area (Å²) in [6.07, 6.45) is -0.351. The van der Waals surface area contributed by atoms with Crippen LogP contribution in [0.2, 0.25) is 0 Å². The summed E-state index contributed by atoms with van der Waals surface area (Å²) in [5.74, 6) is -0.693. The molecule has 0 aliphatic carbocycles. The highest BCUT2D eigenvalue weighted by molar-refractivity contribution is 5.92. The summed E-state index contributed by atoms with van der Waals surface area (Å²) in [6, 6.07) is 23.9. The van der Waals surface area contributed by atoms with Crippen LogP contribution in [0.5, 0.6) is 0 Å². The van der Waals surface area contributed by atoms with Crippen LogP contribution in [-0.4, -0.2) is 70.0 Å². The van der Waals surface area contributed by atoms with E-state index in [1.54, 1.807) is 34.0 Å². The summed E-state index contributed by atoms with van der Waals surface area (Å²) >= 11 is 0. The number of hydrogen-bond donors (Lipinski definition) is 1. The van der Waals surface area contributed by atoms with Crippen molar-refractivity contribution in [1.29, 1.82) is 0 Å². The number of fused-ring (bicyclic) bond motifs is 1. The minimum Gasteiger partial charge on any atom is -0.333 e. The van der Waals surface area contributed by atoms with Crippen LogP contribution in [-0.2, 0) is 22.6 Å². The second-order valence-electron chi connectivity index (χ2n) is 10.0. The second kappa shape index (κ2) is 11.2. The van der Waals surface area contributed by atoms with Gasteiger partial charge in [0, 0.05) is 20.0 Å². The van der Waals surface area contributed by atoms with Gasteiger partial charge >= 0.3 is 6.03 Å². The van der Waals surface area contributed by atoms with Crippen LogP contribution in [0.1, 0.15) is 29.7 Å². The second-order valence-corrected chi connectivity index (χ2v) is 10.0. The Kier molecular flexibility index (Phi) is 7.60. The number of nitrogens with zero attached hydrogens (tertiary/aromatic N) is 4. The number of rotatable bonds is 6. The van der Waals surface area contributed by atoms with E-state index in [-0.39, 0.29) is 43.3 Å². The zero-order valence-corrected chi connectivity index (χ0v) is 22.0. The standard InChI is InChI=1S/C30H32FN5O3/c1-21(24-11-7-4-8-12-24)34-19-27-35(26(29(34)38)17-22-9-5-3-6-10-22)28(37)20-33(2)36(27)30(39)32-18-23-13-15-25(31)16-14-23/h3-16,21,26-27H,17-20H2,1-2H3,(H,32,39)/t21-,26+,27+/m1/s1. The Morgan fingerprint density at radius 1 is 0.949 bits per heavy atom. The molecule has 0 unspecified atom stereocenters. The largest absolute Gasteiger partial charge is 0.334 e. The fourth-order valence-electron chi connectivity index (χ4n) is 5.42. The molecule has 3 aromatic rings. The number of nitrogens with one attached hydrogen (secondary N) is 1. The molecule has 3 aromatic carbocycles. The predicted octanol–water partition coefficient (Wildman–Crippen LogP) is 3.57. The van der Waals surface area contributed by atoms with Crippen molar-refractivity contribution >= 4 is 17.8 Å². The highest BCUT2D eigenvalue weighted by atomic mass is 19.1. The summed E-state index contributed by atoms with van der Waals surface area (Å²) in [5.41, 5.74) is 2.65. The molecule has 2 aliphatic rings. The van der Waals surface area contributed by atoms with Crippen molar-refractivity contribution in [2.45, 2.75) is 38.1 Å². The number of hydrogen-bond acceptors (Lipinski definition) is 4. The van der Waals surface area contributed by atoms with Gasteiger partial charge in [0.15, 0.2) is 0 Å². The van der Waals surface area contributed by atoms with E-state index in [9.17, 15) is 18.8 Å². The van der Waals surface area contributed by atoms with E-state index in [0.717, 1.165) is 16.7 Å². The fourth-order valence-corrected chi connectivity index (χ4v) is 5.42. The Morgan fingerprint density at radius 3 is 2.26 bits per heavy atom. The van der Waals surface area contributed by atoms with Crippen LogP contribution in [0.15, 0.2) is 84.9 Å². The molecule has 202 valence electrons. The average Bonchev–Trinajstić information content (AvgIpc) is 2.94. The number of halogens is 1. The monoisotopic (exact) mass is 529 g/mol. The predicted molar refractivity (Wildman–Crippen MR) is 144 cm³/mol. The van der Waals surface area contributed by atoms with Gasteiger partial charge in [0.2, 0.25) is 11.8 Å². The number of hydrazine groups is 1. The number of urea groups is 1. The molecule has 1 N–H and O–H groups in total. The lowest BCUT2D eigenvalue weighted by Crippen LogP contribution is -2.76. The number of carbonyl (C=O) groups is 3. The van der Waals surface area contributed by atoms with Crippen molar-refractivity contribution in [1.82, 2.24) is 25.1 Å². The topological polar surface area (TPSA) is 76.2 Å². The Balaban J connectivity index is 1.47. The first-order chi connectivity index (χ1) is 18.8. The Labute approximate surface area is 227 Å². The maximum Gasteiger partial charge on any atom is 0.334 e. The van der Waals surface area contributed by atoms with Crippen molar-refractivity contribution in [2.24, 2.45) is 0 Å². The number of amides is 4. The van der Waals surface area contributed by atoms with E-state index in [1.807, 2.05) is 67.6 Å². The van der Waals surface area contributed by atoms with Crippen LogP contribution in [0.4, 0.5) is 9.18 Å². The molecular formula is C30H32FN5O3. The first kappa shape index (κ1) is 26.4. The highest BCUT2D eigenvalue weighted by Crippen LogP contribution is 2.32. The molecule has 0 saturated carbocycles. The molecule has 3 atom stereocenters. The molecule has 4 amide bonds. The van der Waals surface area contributed by atoms with Gasteiger partial charge in [-0.3, -0.25) is 9.59 Å². The van der Waals surface area contributed by atoms with E-state index >= 15 is 0 Å². The summed E-state index contributed by atoms with van der Waals surface area (Å²) in [5, 5.41) is 6.03. The molecule has 39 heavy (non-hydrogen) atoms. The molecule has 0 spiro atoms. The van der Waals surface area contributed by atoms with E-state index in [2.05, 4.69) is 5.32 Å². The minimum absolute atomic E-state index is 0.0344. The van der Waals surface area contributed by atoms with Crippen LogP contribution < -0.4 is 5.32 Å². The van der Waals surface area contributed by atoms with E-state index < -0.39 is 18.2 Å². The Hall–Kier alpha value is -4.24. The summed E-state index contributed by atoms with van der Waals surface area (Å²) in [6.45, 7) is 2.30. The lowest BCUT2D eigenvalue weighted by molar-refractivity contribution is -0.189. The molecule has 2 aliphatic heterocycles. The smallest absolute Gasteiger partial charge is 0.333 e. The molecule has 0 bridgehead atoms. The normalized spacial score (nSPS) is 20.5. The number of likely N-dealkylation sites (N-methyl/N-ethyl adjacent to an activating group) is 1. The minimum atomic E-state index is -0.758. The summed E-state index contributed by atoms with van der Waals surface area (Å²) < 4.78 is 13.3. The summed E-state index contributed by atoms with van der Waals surface area (Å²) in [4.78, 5) is 44.4. The van der Waals surface area contributed by atoms with Gasteiger partial charge < -0.3 is 15.1 Å². The zero-order valence-electron chi connectivity index (χ0n) is 22.0. The average molecular weight is 530 g/mol. The number of carbonyl (C=O) groups excluding carboxylic acids is 3. The van der Waals surface area contributed by atoms with Gasteiger partial charge in [-0.1, -0.05) is 72.8 Å². The number of piperazine rings is 1. The highest BCUT2D eigenvalue weighted by Gasteiger charge is 2.51. The van der Waals surface area contributed by atoms with E-state index in [4.69, 9.17) is 0 Å². The molecule has 2 heterocycles. The van der Waals surface area contributed by atoms with Gasteiger partial charge in [-0.2, -0.15) is 0 Å². The van der Waals surface area contributed by atoms with Crippen molar-refractivity contribution in [3.05, 3.63) is 107 Å². The molecule has 5 rings (SSSR count). The van der Waals surface area contributed by atoms with Gasteiger partial charge in [-0.25, -0.2) is 19.2 Å².